The minimum Gasteiger partial charge on any atom is -0.388 e. The molecule has 0 bridgehead atoms. The van der Waals surface area contributed by atoms with Gasteiger partial charge in [0.15, 0.2) is 0 Å². The molecule has 1 amide bonds. The van der Waals surface area contributed by atoms with Crippen molar-refractivity contribution in [3.05, 3.63) is 54.1 Å². The molecule has 1 saturated heterocycles. The number of carbonyl (C=O) groups excluding carboxylic acids is 1. The summed E-state index contributed by atoms with van der Waals surface area (Å²) < 4.78 is 0. The summed E-state index contributed by atoms with van der Waals surface area (Å²) in [5, 5.41) is 13.4. The van der Waals surface area contributed by atoms with Crippen LogP contribution in [0.3, 0.4) is 0 Å². The molecule has 2 aromatic rings. The van der Waals surface area contributed by atoms with Crippen molar-refractivity contribution in [1.29, 1.82) is 0 Å². The van der Waals surface area contributed by atoms with Gasteiger partial charge in [-0.25, -0.2) is 0 Å². The molecule has 2 aromatic carbocycles. The molecule has 2 N–H and O–H groups in total. The lowest BCUT2D eigenvalue weighted by molar-refractivity contribution is -0.113. The number of fused-ring (bicyclic) bond motifs is 1. The molecule has 2 aliphatic heterocycles. The summed E-state index contributed by atoms with van der Waals surface area (Å²) in [6.07, 6.45) is 3.63. The summed E-state index contributed by atoms with van der Waals surface area (Å²) >= 11 is 1.55. The van der Waals surface area contributed by atoms with Gasteiger partial charge in [0.25, 0.3) is 0 Å². The van der Waals surface area contributed by atoms with Gasteiger partial charge in [-0.15, -0.1) is 11.8 Å². The average molecular weight is 426 g/mol. The molecular formula is C24H31N3O2S. The normalized spacial score (nSPS) is 18.0. The van der Waals surface area contributed by atoms with E-state index in [-0.39, 0.29) is 5.91 Å². The molecule has 1 fully saturated rings. The zero-order valence-corrected chi connectivity index (χ0v) is 18.2. The number of hydrogen-bond donors (Lipinski definition) is 2. The number of hydrogen-bond acceptors (Lipinski definition) is 5. The largest absolute Gasteiger partial charge is 0.388 e. The van der Waals surface area contributed by atoms with Crippen LogP contribution in [0, 0.1) is 0 Å². The molecular weight excluding hydrogens is 394 g/mol. The molecule has 0 aliphatic carbocycles. The maximum absolute atomic E-state index is 11.6. The third-order valence-corrected chi connectivity index (χ3v) is 7.04. The van der Waals surface area contributed by atoms with Gasteiger partial charge in [-0.2, -0.15) is 0 Å². The van der Waals surface area contributed by atoms with Crippen LogP contribution in [0.15, 0.2) is 53.4 Å². The first-order chi connectivity index (χ1) is 14.7. The summed E-state index contributed by atoms with van der Waals surface area (Å²) in [6.45, 7) is 5.57. The Kier molecular flexibility index (Phi) is 7.31. The molecule has 5 nitrogen and oxygen atoms in total. The van der Waals surface area contributed by atoms with Crippen LogP contribution >= 0.6 is 11.8 Å². The number of anilines is 2. The van der Waals surface area contributed by atoms with Gasteiger partial charge in [-0.05, 0) is 49.2 Å². The summed E-state index contributed by atoms with van der Waals surface area (Å²) in [4.78, 5) is 17.7. The quantitative estimate of drug-likeness (QED) is 0.623. The Labute approximate surface area is 183 Å². The van der Waals surface area contributed by atoms with Crippen molar-refractivity contribution in [2.45, 2.75) is 36.7 Å². The van der Waals surface area contributed by atoms with Crippen molar-refractivity contribution in [3.63, 3.8) is 0 Å². The van der Waals surface area contributed by atoms with Crippen molar-refractivity contribution in [1.82, 2.24) is 4.90 Å². The lowest BCUT2D eigenvalue weighted by Gasteiger charge is -2.36. The standard InChI is InChI=1S/C24H31N3O2S/c28-22(19-10-11-23-21(17-19)25-24(29)18-30-23)9-5-2-6-12-26-13-15-27(16-14-26)20-7-3-1-4-8-20/h1,3-4,7-8,10-11,17,22,28H,2,5-6,9,12-16,18H2,(H,25,29). The SMILES string of the molecule is O=C1CSc2ccc(C(O)CCCCCN3CCN(c4ccccc4)CC3)cc2N1. The molecule has 1 unspecified atom stereocenters. The van der Waals surface area contributed by atoms with E-state index < -0.39 is 6.10 Å². The molecule has 0 aromatic heterocycles. The number of rotatable bonds is 8. The lowest BCUT2D eigenvalue weighted by Crippen LogP contribution is -2.46. The van der Waals surface area contributed by atoms with E-state index in [0.29, 0.717) is 5.75 Å². The van der Waals surface area contributed by atoms with Gasteiger partial charge < -0.3 is 15.3 Å². The topological polar surface area (TPSA) is 55.8 Å². The van der Waals surface area contributed by atoms with E-state index in [1.807, 2.05) is 18.2 Å². The number of amides is 1. The molecule has 4 rings (SSSR count). The Balaban J connectivity index is 1.13. The number of carbonyl (C=O) groups is 1. The minimum absolute atomic E-state index is 0.0312. The van der Waals surface area contributed by atoms with Crippen molar-refractivity contribution >= 4 is 29.0 Å². The summed E-state index contributed by atoms with van der Waals surface area (Å²) in [5.41, 5.74) is 3.06. The number of para-hydroxylation sites is 1. The van der Waals surface area contributed by atoms with Gasteiger partial charge in [0.2, 0.25) is 5.91 Å². The number of piperazine rings is 1. The third kappa shape index (κ3) is 5.56. The second-order valence-electron chi connectivity index (χ2n) is 8.12. The molecule has 160 valence electrons. The fraction of sp³-hybridized carbons (Fsp3) is 0.458. The molecule has 1 atom stereocenters. The Bertz CT molecular complexity index is 838. The summed E-state index contributed by atoms with van der Waals surface area (Å²) in [6, 6.07) is 16.6. The van der Waals surface area contributed by atoms with Gasteiger partial charge in [0.05, 0.1) is 17.5 Å². The minimum atomic E-state index is -0.464. The number of nitrogens with zero attached hydrogens (tertiary/aromatic N) is 2. The van der Waals surface area contributed by atoms with Crippen LogP contribution in [-0.2, 0) is 4.79 Å². The van der Waals surface area contributed by atoms with Crippen molar-refractivity contribution < 1.29 is 9.90 Å². The number of thioether (sulfide) groups is 1. The van der Waals surface area contributed by atoms with Crippen LogP contribution < -0.4 is 10.2 Å². The molecule has 6 heteroatoms. The Morgan fingerprint density at radius 2 is 1.80 bits per heavy atom. The van der Waals surface area contributed by atoms with E-state index in [1.165, 1.54) is 12.1 Å². The van der Waals surface area contributed by atoms with E-state index in [9.17, 15) is 9.90 Å². The Hall–Kier alpha value is -2.02. The van der Waals surface area contributed by atoms with Crippen molar-refractivity contribution in [2.24, 2.45) is 0 Å². The van der Waals surface area contributed by atoms with Crippen LogP contribution in [0.25, 0.3) is 0 Å². The summed E-state index contributed by atoms with van der Waals surface area (Å²) in [5.74, 6) is 0.500. The maximum Gasteiger partial charge on any atom is 0.234 e. The van der Waals surface area contributed by atoms with E-state index in [4.69, 9.17) is 0 Å². The smallest absolute Gasteiger partial charge is 0.234 e. The second-order valence-corrected chi connectivity index (χ2v) is 9.14. The van der Waals surface area contributed by atoms with Gasteiger partial charge in [0, 0.05) is 36.8 Å². The first-order valence-electron chi connectivity index (χ1n) is 11.0. The van der Waals surface area contributed by atoms with E-state index in [2.05, 4.69) is 45.4 Å². The molecule has 0 radical (unpaired) electrons. The molecule has 0 saturated carbocycles. The second kappa shape index (κ2) is 10.3. The lowest BCUT2D eigenvalue weighted by atomic mass is 10.0. The molecule has 0 spiro atoms. The predicted molar refractivity (Wildman–Crippen MR) is 124 cm³/mol. The Morgan fingerprint density at radius 3 is 2.60 bits per heavy atom. The molecule has 30 heavy (non-hydrogen) atoms. The predicted octanol–water partition coefficient (Wildman–Crippen LogP) is 4.15. The fourth-order valence-corrected chi connectivity index (χ4v) is 4.98. The maximum atomic E-state index is 11.6. The summed E-state index contributed by atoms with van der Waals surface area (Å²) in [7, 11) is 0. The van der Waals surface area contributed by atoms with Gasteiger partial charge in [0.1, 0.15) is 0 Å². The average Bonchev–Trinajstić information content (AvgIpc) is 2.79. The van der Waals surface area contributed by atoms with Crippen LogP contribution in [0.5, 0.6) is 0 Å². The Morgan fingerprint density at radius 1 is 1.00 bits per heavy atom. The van der Waals surface area contributed by atoms with Crippen LogP contribution in [0.2, 0.25) is 0 Å². The third-order valence-electron chi connectivity index (χ3n) is 5.97. The van der Waals surface area contributed by atoms with E-state index >= 15 is 0 Å². The number of nitrogens with one attached hydrogen (secondary N) is 1. The zero-order chi connectivity index (χ0) is 20.8. The first kappa shape index (κ1) is 21.2. The number of aliphatic hydroxyl groups excluding tert-OH is 1. The number of unbranched alkanes of at least 4 members (excludes halogenated alkanes) is 2. The van der Waals surface area contributed by atoms with Gasteiger partial charge in [-0.3, -0.25) is 9.69 Å². The fourth-order valence-electron chi connectivity index (χ4n) is 4.19. The first-order valence-corrected chi connectivity index (χ1v) is 11.9. The number of benzene rings is 2. The molecule has 2 heterocycles. The number of aliphatic hydroxyl groups is 1. The monoisotopic (exact) mass is 425 g/mol. The van der Waals surface area contributed by atoms with Crippen molar-refractivity contribution in [3.8, 4) is 0 Å². The van der Waals surface area contributed by atoms with Crippen LogP contribution in [-0.4, -0.2) is 54.4 Å². The van der Waals surface area contributed by atoms with Crippen LogP contribution in [0.4, 0.5) is 11.4 Å². The highest BCUT2D eigenvalue weighted by Gasteiger charge is 2.18. The molecule has 2 aliphatic rings. The highest BCUT2D eigenvalue weighted by Crippen LogP contribution is 2.34. The highest BCUT2D eigenvalue weighted by molar-refractivity contribution is 8.00. The van der Waals surface area contributed by atoms with Gasteiger partial charge in [-0.1, -0.05) is 37.1 Å². The van der Waals surface area contributed by atoms with Crippen molar-refractivity contribution in [2.75, 3.05) is 48.7 Å². The highest BCUT2D eigenvalue weighted by atomic mass is 32.2. The zero-order valence-electron chi connectivity index (χ0n) is 17.4. The van der Waals surface area contributed by atoms with E-state index in [1.54, 1.807) is 11.8 Å². The van der Waals surface area contributed by atoms with E-state index in [0.717, 1.165) is 68.1 Å². The van der Waals surface area contributed by atoms with Crippen LogP contribution in [0.1, 0.15) is 37.4 Å². The van der Waals surface area contributed by atoms with Gasteiger partial charge >= 0.3 is 0 Å².